The molecule has 1 aliphatic carbocycles. The Bertz CT molecular complexity index is 2430. The number of nitrogens with one attached hydrogen (secondary N) is 3. The molecule has 0 radical (unpaired) electrons. The number of carboxylic acid groups (broad SMARTS) is 1. The lowest BCUT2D eigenvalue weighted by molar-refractivity contribution is -0.150. The Labute approximate surface area is 349 Å². The number of halogens is 1. The maximum absolute atomic E-state index is 12.5. The Morgan fingerprint density at radius 1 is 0.932 bits per heavy atom. The van der Waals surface area contributed by atoms with Crippen LogP contribution in [0.15, 0.2) is 85.2 Å². The zero-order chi connectivity index (χ0) is 41.7. The number of fused-ring (bicyclic) bond motifs is 1. The molecule has 0 bridgehead atoms. The van der Waals surface area contributed by atoms with Crippen molar-refractivity contribution in [3.8, 4) is 39.8 Å². The smallest absolute Gasteiger partial charge is 0.315 e. The van der Waals surface area contributed by atoms with E-state index >= 15 is 0 Å². The Morgan fingerprint density at radius 3 is 2.42 bits per heavy atom. The predicted molar refractivity (Wildman–Crippen MR) is 226 cm³/mol. The van der Waals surface area contributed by atoms with E-state index in [-0.39, 0.29) is 38.1 Å². The Hall–Kier alpha value is -5.93. The zero-order valence-corrected chi connectivity index (χ0v) is 34.2. The third-order valence-corrected chi connectivity index (χ3v) is 11.7. The molecule has 11 nitrogen and oxygen atoms in total. The largest absolute Gasteiger partial charge is 0.488 e. The summed E-state index contributed by atoms with van der Waals surface area (Å²) in [5.74, 6) is -0.260. The second-order valence-corrected chi connectivity index (χ2v) is 16.1. The van der Waals surface area contributed by atoms with Crippen LogP contribution in [-0.2, 0) is 31.0 Å². The molecule has 1 unspecified atom stereocenters. The number of aliphatic hydroxyl groups excluding tert-OH is 1. The molecule has 0 saturated heterocycles. The van der Waals surface area contributed by atoms with E-state index < -0.39 is 18.0 Å². The lowest BCUT2D eigenvalue weighted by Crippen LogP contribution is -2.44. The maximum atomic E-state index is 12.5. The number of nitrogens with zero attached hydrogens (tertiary/aromatic N) is 2. The number of benzene rings is 4. The molecule has 5 aromatic rings. The van der Waals surface area contributed by atoms with Crippen molar-refractivity contribution in [3.05, 3.63) is 135 Å². The van der Waals surface area contributed by atoms with Gasteiger partial charge in [-0.15, -0.1) is 0 Å². The van der Waals surface area contributed by atoms with Gasteiger partial charge in [0.1, 0.15) is 30.8 Å². The molecule has 59 heavy (non-hydrogen) atoms. The number of urea groups is 1. The minimum atomic E-state index is -1.35. The van der Waals surface area contributed by atoms with Crippen molar-refractivity contribution in [1.82, 2.24) is 20.9 Å². The summed E-state index contributed by atoms with van der Waals surface area (Å²) >= 11 is 6.81. The maximum Gasteiger partial charge on any atom is 0.315 e. The van der Waals surface area contributed by atoms with Gasteiger partial charge < -0.3 is 35.6 Å². The normalized spacial score (nSPS) is 15.6. The van der Waals surface area contributed by atoms with Crippen molar-refractivity contribution in [2.24, 2.45) is 5.41 Å². The van der Waals surface area contributed by atoms with Crippen LogP contribution in [0.4, 0.5) is 4.79 Å². The number of carbonyl (C=O) groups is 2. The molecule has 1 saturated carbocycles. The van der Waals surface area contributed by atoms with Crippen LogP contribution in [0.3, 0.4) is 0 Å². The SMILES string of the molecule is Cc1c(COc2cc(OCc3cncc(C#N)c3)c(CC[C@@](C)(CO)C(=O)O)cc2Cl)cccc1-c1cccc(-c2ccc3c(c2)CNCC3NC(=O)NC2CC2)c1C. The Morgan fingerprint density at radius 2 is 1.68 bits per heavy atom. The number of aromatic nitrogens is 1. The minimum absolute atomic E-state index is 0.101. The highest BCUT2D eigenvalue weighted by Gasteiger charge is 2.33. The van der Waals surface area contributed by atoms with Crippen molar-refractivity contribution >= 4 is 23.6 Å². The average molecular weight is 814 g/mol. The molecular formula is C47H48ClN5O6. The molecular weight excluding hydrogens is 766 g/mol. The number of carboxylic acids is 1. The fourth-order valence-electron chi connectivity index (χ4n) is 7.47. The number of aryl methyl sites for hydroxylation is 1. The number of nitriles is 1. The van der Waals surface area contributed by atoms with E-state index in [2.05, 4.69) is 83.3 Å². The van der Waals surface area contributed by atoms with E-state index in [1.165, 1.54) is 18.7 Å². The molecule has 304 valence electrons. The first-order valence-electron chi connectivity index (χ1n) is 19.8. The number of carbonyl (C=O) groups excluding carboxylic acids is 1. The standard InChI is InChI=1S/C47H48ClN5O6/c1-28-34(26-59-44-19-43(58-25-31-16-30(20-49)21-50-22-31)33(18-41(44)48)14-15-47(3,27-54)45(55)56)6-4-8-38(28)39-9-5-7-37(29(39)2)32-10-13-40-35(17-32)23-51-24-42(40)53-46(57)52-36-11-12-36/h4-10,13,16-19,21-22,36,42,51,54H,11-12,14-15,23-27H2,1-3H3,(H,55,56)(H2,52,53,57)/t42?,47-/m0/s1. The summed E-state index contributed by atoms with van der Waals surface area (Å²) < 4.78 is 12.6. The number of pyridine rings is 1. The van der Waals surface area contributed by atoms with E-state index in [1.54, 1.807) is 24.4 Å². The highest BCUT2D eigenvalue weighted by atomic mass is 35.5. The van der Waals surface area contributed by atoms with Crippen LogP contribution in [0, 0.1) is 30.6 Å². The Balaban J connectivity index is 1.11. The number of rotatable bonds is 15. The molecule has 2 aliphatic rings. The van der Waals surface area contributed by atoms with Crippen LogP contribution in [-0.4, -0.2) is 46.4 Å². The summed E-state index contributed by atoms with van der Waals surface area (Å²) in [5.41, 5.74) is 10.3. The molecule has 1 aliphatic heterocycles. The fraction of sp³-hybridized carbons (Fsp3) is 0.319. The van der Waals surface area contributed by atoms with Crippen molar-refractivity contribution in [1.29, 1.82) is 5.26 Å². The van der Waals surface area contributed by atoms with Gasteiger partial charge >= 0.3 is 12.0 Å². The number of ether oxygens (including phenoxy) is 2. The lowest BCUT2D eigenvalue weighted by Gasteiger charge is -2.28. The van der Waals surface area contributed by atoms with Gasteiger partial charge in [-0.1, -0.05) is 60.1 Å². The Kier molecular flexibility index (Phi) is 12.5. The first kappa shape index (κ1) is 41.2. The summed E-state index contributed by atoms with van der Waals surface area (Å²) in [6.07, 6.45) is 5.59. The zero-order valence-electron chi connectivity index (χ0n) is 33.4. The summed E-state index contributed by atoms with van der Waals surface area (Å²) in [5, 5.41) is 38.9. The predicted octanol–water partition coefficient (Wildman–Crippen LogP) is 8.34. The van der Waals surface area contributed by atoms with Gasteiger partial charge in [0.25, 0.3) is 0 Å². The number of aliphatic carboxylic acids is 1. The molecule has 4 aromatic carbocycles. The van der Waals surface area contributed by atoms with E-state index in [1.807, 2.05) is 12.1 Å². The van der Waals surface area contributed by atoms with Gasteiger partial charge in [-0.2, -0.15) is 5.26 Å². The minimum Gasteiger partial charge on any atom is -0.488 e. The average Bonchev–Trinajstić information content (AvgIpc) is 4.06. The first-order valence-corrected chi connectivity index (χ1v) is 20.2. The molecule has 2 amide bonds. The second kappa shape index (κ2) is 17.9. The van der Waals surface area contributed by atoms with Crippen LogP contribution in [0.2, 0.25) is 5.02 Å². The molecule has 0 spiro atoms. The van der Waals surface area contributed by atoms with Crippen molar-refractivity contribution in [3.63, 3.8) is 0 Å². The highest BCUT2D eigenvalue weighted by molar-refractivity contribution is 6.32. The number of aliphatic hydroxyl groups is 1. The van der Waals surface area contributed by atoms with Gasteiger partial charge in [-0.3, -0.25) is 9.78 Å². The van der Waals surface area contributed by atoms with Crippen LogP contribution >= 0.6 is 11.6 Å². The van der Waals surface area contributed by atoms with Gasteiger partial charge in [-0.25, -0.2) is 4.79 Å². The van der Waals surface area contributed by atoms with E-state index in [4.69, 9.17) is 21.1 Å². The monoisotopic (exact) mass is 813 g/mol. The van der Waals surface area contributed by atoms with Crippen molar-refractivity contribution in [2.75, 3.05) is 13.2 Å². The van der Waals surface area contributed by atoms with Crippen molar-refractivity contribution < 1.29 is 29.3 Å². The highest BCUT2D eigenvalue weighted by Crippen LogP contribution is 2.39. The molecule has 12 heteroatoms. The summed E-state index contributed by atoms with van der Waals surface area (Å²) in [6, 6.07) is 26.3. The lowest BCUT2D eigenvalue weighted by atomic mass is 9.85. The van der Waals surface area contributed by atoms with Crippen LogP contribution in [0.1, 0.15) is 76.7 Å². The van der Waals surface area contributed by atoms with Gasteiger partial charge in [0.05, 0.1) is 28.6 Å². The van der Waals surface area contributed by atoms with Gasteiger partial charge in [0.2, 0.25) is 0 Å². The van der Waals surface area contributed by atoms with E-state index in [0.717, 1.165) is 63.9 Å². The summed E-state index contributed by atoms with van der Waals surface area (Å²) in [4.78, 5) is 28.6. The first-order chi connectivity index (χ1) is 28.5. The molecule has 5 N–H and O–H groups in total. The van der Waals surface area contributed by atoms with E-state index in [0.29, 0.717) is 45.8 Å². The van der Waals surface area contributed by atoms with Gasteiger partial charge in [0, 0.05) is 43.2 Å². The third kappa shape index (κ3) is 9.52. The van der Waals surface area contributed by atoms with E-state index in [9.17, 15) is 25.1 Å². The molecule has 2 heterocycles. The van der Waals surface area contributed by atoms with Crippen LogP contribution in [0.5, 0.6) is 11.5 Å². The van der Waals surface area contributed by atoms with Crippen LogP contribution in [0.25, 0.3) is 22.3 Å². The number of hydrogen-bond donors (Lipinski definition) is 5. The molecule has 1 aromatic heterocycles. The molecule has 7 rings (SSSR count). The molecule has 2 atom stereocenters. The van der Waals surface area contributed by atoms with Gasteiger partial charge in [-0.05, 0) is 120 Å². The van der Waals surface area contributed by atoms with Gasteiger partial charge in [0.15, 0.2) is 0 Å². The second-order valence-electron chi connectivity index (χ2n) is 15.7. The third-order valence-electron chi connectivity index (χ3n) is 11.4. The quantitative estimate of drug-likeness (QED) is 0.0699. The number of amides is 2. The number of hydrogen-bond acceptors (Lipinski definition) is 8. The van der Waals surface area contributed by atoms with Crippen molar-refractivity contribution in [2.45, 2.75) is 78.3 Å². The topological polar surface area (TPSA) is 166 Å². The summed E-state index contributed by atoms with van der Waals surface area (Å²) in [7, 11) is 0. The molecule has 1 fully saturated rings. The fourth-order valence-corrected chi connectivity index (χ4v) is 7.71. The summed E-state index contributed by atoms with van der Waals surface area (Å²) in [6.45, 7) is 6.95. The van der Waals surface area contributed by atoms with Crippen LogP contribution < -0.4 is 25.4 Å².